The summed E-state index contributed by atoms with van der Waals surface area (Å²) >= 11 is 0. The minimum absolute atomic E-state index is 0.144. The molecule has 2 atom stereocenters. The zero-order chi connectivity index (χ0) is 13.1. The van der Waals surface area contributed by atoms with Gasteiger partial charge in [0.2, 0.25) is 10.0 Å². The number of carbonyl (C=O) groups is 1. The molecule has 6 nitrogen and oxygen atoms in total. The Bertz CT molecular complexity index is 363. The third kappa shape index (κ3) is 3.40. The molecule has 2 N–H and O–H groups in total. The number of aliphatic carboxylic acids is 1. The number of nitrogens with zero attached hydrogens (tertiary/aromatic N) is 1. The van der Waals surface area contributed by atoms with Crippen molar-refractivity contribution in [2.24, 2.45) is 0 Å². The lowest BCUT2D eigenvalue weighted by Crippen LogP contribution is -2.46. The quantitative estimate of drug-likeness (QED) is 0.697. The molecular formula is C10H20N2O4S. The molecule has 2 unspecified atom stereocenters. The maximum absolute atomic E-state index is 12.0. The Morgan fingerprint density at radius 2 is 2.24 bits per heavy atom. The normalized spacial score (nSPS) is 22.9. The number of hydrogen-bond acceptors (Lipinski definition) is 4. The van der Waals surface area contributed by atoms with Gasteiger partial charge in [0.1, 0.15) is 0 Å². The van der Waals surface area contributed by atoms with E-state index in [2.05, 4.69) is 5.32 Å². The predicted molar refractivity (Wildman–Crippen MR) is 64.3 cm³/mol. The van der Waals surface area contributed by atoms with Crippen LogP contribution in [0.15, 0.2) is 0 Å². The number of carboxylic acid groups (broad SMARTS) is 1. The van der Waals surface area contributed by atoms with Gasteiger partial charge >= 0.3 is 5.97 Å². The second-order valence-corrected chi connectivity index (χ2v) is 6.52. The van der Waals surface area contributed by atoms with Gasteiger partial charge in [-0.2, -0.15) is 4.31 Å². The smallest absolute Gasteiger partial charge is 0.323 e. The van der Waals surface area contributed by atoms with Crippen molar-refractivity contribution < 1.29 is 18.3 Å². The molecule has 1 aliphatic heterocycles. The molecular weight excluding hydrogens is 244 g/mol. The van der Waals surface area contributed by atoms with Crippen LogP contribution in [0.5, 0.6) is 0 Å². The molecule has 0 aliphatic carbocycles. The fourth-order valence-corrected chi connectivity index (χ4v) is 3.37. The van der Waals surface area contributed by atoms with E-state index in [0.29, 0.717) is 13.1 Å². The zero-order valence-electron chi connectivity index (χ0n) is 10.2. The molecule has 0 aromatic rings. The molecule has 1 fully saturated rings. The summed E-state index contributed by atoms with van der Waals surface area (Å²) in [4.78, 5) is 10.8. The predicted octanol–water partition coefficient (Wildman–Crippen LogP) is -0.137. The van der Waals surface area contributed by atoms with Crippen LogP contribution in [0.2, 0.25) is 0 Å². The summed E-state index contributed by atoms with van der Waals surface area (Å²) < 4.78 is 25.3. The van der Waals surface area contributed by atoms with E-state index in [9.17, 15) is 13.2 Å². The fourth-order valence-electron chi connectivity index (χ4n) is 1.92. The van der Waals surface area contributed by atoms with E-state index >= 15 is 0 Å². The van der Waals surface area contributed by atoms with Gasteiger partial charge < -0.3 is 10.4 Å². The largest absolute Gasteiger partial charge is 0.480 e. The SMILES string of the molecule is CCN(CC1CCCN1)S(=O)(=O)C(C)C(=O)O. The maximum atomic E-state index is 12.0. The van der Waals surface area contributed by atoms with Crippen molar-refractivity contribution in [3.63, 3.8) is 0 Å². The van der Waals surface area contributed by atoms with Crippen LogP contribution in [0.25, 0.3) is 0 Å². The standard InChI is InChI=1S/C10H20N2O4S/c1-3-12(7-9-5-4-6-11-9)17(15,16)8(2)10(13)14/h8-9,11H,3-7H2,1-2H3,(H,13,14). The Labute approximate surface area is 102 Å². The van der Waals surface area contributed by atoms with Gasteiger partial charge in [-0.3, -0.25) is 4.79 Å². The van der Waals surface area contributed by atoms with Gasteiger partial charge in [0.15, 0.2) is 5.25 Å². The highest BCUT2D eigenvalue weighted by Gasteiger charge is 2.34. The highest BCUT2D eigenvalue weighted by atomic mass is 32.2. The van der Waals surface area contributed by atoms with Gasteiger partial charge in [-0.25, -0.2) is 8.42 Å². The molecule has 0 spiro atoms. The number of likely N-dealkylation sites (N-methyl/N-ethyl adjacent to an activating group) is 1. The summed E-state index contributed by atoms with van der Waals surface area (Å²) in [6.45, 7) is 4.49. The maximum Gasteiger partial charge on any atom is 0.323 e. The van der Waals surface area contributed by atoms with Crippen molar-refractivity contribution >= 4 is 16.0 Å². The van der Waals surface area contributed by atoms with Gasteiger partial charge in [-0.1, -0.05) is 6.92 Å². The number of rotatable bonds is 6. The van der Waals surface area contributed by atoms with E-state index < -0.39 is 21.2 Å². The number of carboxylic acids is 1. The van der Waals surface area contributed by atoms with Crippen LogP contribution < -0.4 is 5.32 Å². The Hall–Kier alpha value is -0.660. The third-order valence-corrected chi connectivity index (χ3v) is 5.32. The number of nitrogens with one attached hydrogen (secondary N) is 1. The topological polar surface area (TPSA) is 86.7 Å². The third-order valence-electron chi connectivity index (χ3n) is 3.09. The molecule has 0 aromatic carbocycles. The van der Waals surface area contributed by atoms with Crippen LogP contribution in [-0.2, 0) is 14.8 Å². The van der Waals surface area contributed by atoms with Crippen LogP contribution in [0.4, 0.5) is 0 Å². The van der Waals surface area contributed by atoms with E-state index in [-0.39, 0.29) is 6.04 Å². The monoisotopic (exact) mass is 264 g/mol. The summed E-state index contributed by atoms with van der Waals surface area (Å²) in [6, 6.07) is 0.144. The van der Waals surface area contributed by atoms with Gasteiger partial charge in [0.25, 0.3) is 0 Å². The molecule has 0 aromatic heterocycles. The van der Waals surface area contributed by atoms with Crippen molar-refractivity contribution in [2.75, 3.05) is 19.6 Å². The second-order valence-electron chi connectivity index (χ2n) is 4.27. The van der Waals surface area contributed by atoms with E-state index in [1.165, 1.54) is 11.2 Å². The summed E-state index contributed by atoms with van der Waals surface area (Å²) in [5, 5.41) is 10.6. The number of sulfonamides is 1. The highest BCUT2D eigenvalue weighted by molar-refractivity contribution is 7.90. The molecule has 0 saturated carbocycles. The van der Waals surface area contributed by atoms with Gasteiger partial charge in [0, 0.05) is 19.1 Å². The van der Waals surface area contributed by atoms with E-state index in [1.54, 1.807) is 6.92 Å². The lowest BCUT2D eigenvalue weighted by Gasteiger charge is -2.25. The van der Waals surface area contributed by atoms with Crippen LogP contribution in [-0.4, -0.2) is 54.7 Å². The lowest BCUT2D eigenvalue weighted by atomic mass is 10.2. The van der Waals surface area contributed by atoms with Crippen LogP contribution in [0.1, 0.15) is 26.7 Å². The van der Waals surface area contributed by atoms with Gasteiger partial charge in [-0.05, 0) is 26.3 Å². The zero-order valence-corrected chi connectivity index (χ0v) is 11.0. The highest BCUT2D eigenvalue weighted by Crippen LogP contribution is 2.13. The molecule has 100 valence electrons. The average molecular weight is 264 g/mol. The summed E-state index contributed by atoms with van der Waals surface area (Å²) in [5.41, 5.74) is 0. The first-order valence-corrected chi connectivity index (χ1v) is 7.35. The molecule has 0 radical (unpaired) electrons. The minimum atomic E-state index is -3.74. The molecule has 1 heterocycles. The Morgan fingerprint density at radius 3 is 2.65 bits per heavy atom. The Kier molecular flexibility index (Phi) is 4.91. The molecule has 7 heteroatoms. The average Bonchev–Trinajstić information content (AvgIpc) is 2.76. The van der Waals surface area contributed by atoms with E-state index in [1.807, 2.05) is 0 Å². The Morgan fingerprint density at radius 1 is 1.59 bits per heavy atom. The summed E-state index contributed by atoms with van der Waals surface area (Å²) in [5.74, 6) is -1.30. The van der Waals surface area contributed by atoms with E-state index in [0.717, 1.165) is 19.4 Å². The summed E-state index contributed by atoms with van der Waals surface area (Å²) in [7, 11) is -3.74. The van der Waals surface area contributed by atoms with Gasteiger partial charge in [0.05, 0.1) is 0 Å². The van der Waals surface area contributed by atoms with Crippen molar-refractivity contribution in [3.05, 3.63) is 0 Å². The molecule has 0 amide bonds. The fraction of sp³-hybridized carbons (Fsp3) is 0.900. The van der Waals surface area contributed by atoms with Gasteiger partial charge in [-0.15, -0.1) is 0 Å². The second kappa shape index (κ2) is 5.79. The van der Waals surface area contributed by atoms with Crippen LogP contribution in [0.3, 0.4) is 0 Å². The first kappa shape index (κ1) is 14.4. The Balaban J connectivity index is 2.74. The van der Waals surface area contributed by atoms with Crippen molar-refractivity contribution in [3.8, 4) is 0 Å². The molecule has 17 heavy (non-hydrogen) atoms. The molecule has 1 aliphatic rings. The first-order chi connectivity index (χ1) is 7.89. The number of hydrogen-bond donors (Lipinski definition) is 2. The van der Waals surface area contributed by atoms with Crippen LogP contribution in [0, 0.1) is 0 Å². The van der Waals surface area contributed by atoms with Crippen molar-refractivity contribution in [1.82, 2.24) is 9.62 Å². The lowest BCUT2D eigenvalue weighted by molar-refractivity contribution is -0.136. The molecule has 1 saturated heterocycles. The minimum Gasteiger partial charge on any atom is -0.480 e. The molecule has 0 bridgehead atoms. The van der Waals surface area contributed by atoms with Crippen molar-refractivity contribution in [1.29, 1.82) is 0 Å². The first-order valence-electron chi connectivity index (χ1n) is 5.84. The van der Waals surface area contributed by atoms with E-state index in [4.69, 9.17) is 5.11 Å². The van der Waals surface area contributed by atoms with Crippen LogP contribution >= 0.6 is 0 Å². The van der Waals surface area contributed by atoms with Crippen molar-refractivity contribution in [2.45, 2.75) is 38.0 Å². The molecule has 1 rings (SSSR count). The summed E-state index contributed by atoms with van der Waals surface area (Å²) in [6.07, 6.45) is 1.98.